The number of rotatable bonds is 2. The van der Waals surface area contributed by atoms with Crippen LogP contribution in [0.15, 0.2) is 6.07 Å². The van der Waals surface area contributed by atoms with Gasteiger partial charge in [-0.3, -0.25) is 4.79 Å². The van der Waals surface area contributed by atoms with E-state index in [1.54, 1.807) is 14.1 Å². The lowest BCUT2D eigenvalue weighted by atomic mass is 10.1. The van der Waals surface area contributed by atoms with Crippen molar-refractivity contribution in [1.29, 1.82) is 0 Å². The number of amides is 1. The molecular formula is C12H19N3O2S. The quantitative estimate of drug-likeness (QED) is 0.840. The Morgan fingerprint density at radius 2 is 2.28 bits per heavy atom. The smallest absolute Gasteiger partial charge is 0.265 e. The van der Waals surface area contributed by atoms with Crippen molar-refractivity contribution in [3.8, 4) is 0 Å². The molecule has 0 saturated carbocycles. The Balaban J connectivity index is 2.22. The second kappa shape index (κ2) is 4.44. The molecule has 5 nitrogen and oxygen atoms in total. The van der Waals surface area contributed by atoms with Crippen molar-refractivity contribution in [1.82, 2.24) is 4.90 Å². The molecule has 1 atom stereocenters. The van der Waals surface area contributed by atoms with Crippen molar-refractivity contribution in [2.45, 2.75) is 18.9 Å². The van der Waals surface area contributed by atoms with Gasteiger partial charge < -0.3 is 20.6 Å². The first-order chi connectivity index (χ1) is 8.30. The standard InChI is InChI=1S/C12H19N3O2S/c1-12(17)4-5-15(7-12)9-6-8(13)10(18-9)11(16)14(2)3/h6,17H,4-5,7,13H2,1-3H3. The molecule has 18 heavy (non-hydrogen) atoms. The molecule has 1 amide bonds. The number of thiophene rings is 1. The summed E-state index contributed by atoms with van der Waals surface area (Å²) in [5.41, 5.74) is 5.75. The molecule has 1 aliphatic heterocycles. The van der Waals surface area contributed by atoms with Crippen LogP contribution in [-0.2, 0) is 0 Å². The number of hydrogen-bond donors (Lipinski definition) is 2. The predicted octanol–water partition coefficient (Wildman–Crippen LogP) is 0.993. The lowest BCUT2D eigenvalue weighted by molar-refractivity contribution is 0.0829. The van der Waals surface area contributed by atoms with Gasteiger partial charge in [0, 0.05) is 27.2 Å². The summed E-state index contributed by atoms with van der Waals surface area (Å²) in [7, 11) is 3.42. The number of nitrogens with zero attached hydrogens (tertiary/aromatic N) is 2. The van der Waals surface area contributed by atoms with Crippen molar-refractivity contribution in [2.75, 3.05) is 37.8 Å². The second-order valence-corrected chi connectivity index (χ2v) is 6.27. The first kappa shape index (κ1) is 13.2. The predicted molar refractivity (Wildman–Crippen MR) is 74.2 cm³/mol. The molecule has 3 N–H and O–H groups in total. The average molecular weight is 269 g/mol. The molecule has 100 valence electrons. The number of aliphatic hydroxyl groups is 1. The maximum Gasteiger partial charge on any atom is 0.265 e. The lowest BCUT2D eigenvalue weighted by Gasteiger charge is -2.18. The van der Waals surface area contributed by atoms with Crippen LogP contribution < -0.4 is 10.6 Å². The van der Waals surface area contributed by atoms with Crippen LogP contribution in [0, 0.1) is 0 Å². The summed E-state index contributed by atoms with van der Waals surface area (Å²) in [6.45, 7) is 3.21. The van der Waals surface area contributed by atoms with Crippen molar-refractivity contribution < 1.29 is 9.90 Å². The maximum absolute atomic E-state index is 11.9. The van der Waals surface area contributed by atoms with E-state index in [4.69, 9.17) is 5.73 Å². The van der Waals surface area contributed by atoms with Gasteiger partial charge in [0.1, 0.15) is 4.88 Å². The minimum absolute atomic E-state index is 0.0743. The van der Waals surface area contributed by atoms with Crippen molar-refractivity contribution >= 4 is 27.9 Å². The number of carbonyl (C=O) groups excluding carboxylic acids is 1. The largest absolute Gasteiger partial charge is 0.397 e. The zero-order valence-electron chi connectivity index (χ0n) is 10.9. The first-order valence-corrected chi connectivity index (χ1v) is 6.70. The summed E-state index contributed by atoms with van der Waals surface area (Å²) in [5, 5.41) is 10.9. The minimum atomic E-state index is -0.648. The van der Waals surface area contributed by atoms with Crippen LogP contribution in [0.3, 0.4) is 0 Å². The van der Waals surface area contributed by atoms with E-state index in [0.717, 1.165) is 18.0 Å². The Morgan fingerprint density at radius 1 is 1.61 bits per heavy atom. The molecule has 1 saturated heterocycles. The first-order valence-electron chi connectivity index (χ1n) is 5.88. The Hall–Kier alpha value is -1.27. The molecule has 6 heteroatoms. The Bertz CT molecular complexity index is 468. The molecule has 1 aromatic heterocycles. The molecular weight excluding hydrogens is 250 g/mol. The van der Waals surface area contributed by atoms with Gasteiger partial charge in [0.05, 0.1) is 16.3 Å². The van der Waals surface area contributed by atoms with E-state index >= 15 is 0 Å². The van der Waals surface area contributed by atoms with Gasteiger partial charge in [-0.1, -0.05) is 0 Å². The highest BCUT2D eigenvalue weighted by Gasteiger charge is 2.32. The molecule has 0 aromatic carbocycles. The van der Waals surface area contributed by atoms with Gasteiger partial charge in [-0.15, -0.1) is 11.3 Å². The number of nitrogen functional groups attached to an aromatic ring is 1. The van der Waals surface area contributed by atoms with Crippen LogP contribution in [0.2, 0.25) is 0 Å². The fourth-order valence-electron chi connectivity index (χ4n) is 2.05. The SMILES string of the molecule is CN(C)C(=O)c1sc(N2CCC(C)(O)C2)cc1N. The Morgan fingerprint density at radius 3 is 2.78 bits per heavy atom. The molecule has 1 unspecified atom stereocenters. The highest BCUT2D eigenvalue weighted by atomic mass is 32.1. The summed E-state index contributed by atoms with van der Waals surface area (Å²) in [6.07, 6.45) is 0.738. The van der Waals surface area contributed by atoms with Crippen molar-refractivity contribution in [3.63, 3.8) is 0 Å². The third-order valence-electron chi connectivity index (χ3n) is 3.11. The van der Waals surface area contributed by atoms with E-state index in [-0.39, 0.29) is 5.91 Å². The molecule has 1 aromatic rings. The lowest BCUT2D eigenvalue weighted by Crippen LogP contribution is -2.29. The van der Waals surface area contributed by atoms with Gasteiger partial charge in [-0.25, -0.2) is 0 Å². The minimum Gasteiger partial charge on any atom is -0.397 e. The number of carbonyl (C=O) groups is 1. The zero-order valence-corrected chi connectivity index (χ0v) is 11.8. The van der Waals surface area contributed by atoms with E-state index in [2.05, 4.69) is 4.90 Å². The molecule has 0 aliphatic carbocycles. The monoisotopic (exact) mass is 269 g/mol. The third kappa shape index (κ3) is 2.44. The second-order valence-electron chi connectivity index (χ2n) is 5.24. The topological polar surface area (TPSA) is 69.8 Å². The molecule has 0 radical (unpaired) electrons. The van der Waals surface area contributed by atoms with Crippen LogP contribution in [0.4, 0.5) is 10.7 Å². The molecule has 2 heterocycles. The highest BCUT2D eigenvalue weighted by Crippen LogP contribution is 2.36. The molecule has 0 spiro atoms. The van der Waals surface area contributed by atoms with Crippen LogP contribution in [-0.4, -0.2) is 48.7 Å². The van der Waals surface area contributed by atoms with E-state index < -0.39 is 5.60 Å². The van der Waals surface area contributed by atoms with Gasteiger partial charge in [0.15, 0.2) is 0 Å². The van der Waals surface area contributed by atoms with Crippen LogP contribution in [0.5, 0.6) is 0 Å². The highest BCUT2D eigenvalue weighted by molar-refractivity contribution is 7.18. The number of hydrogen-bond acceptors (Lipinski definition) is 5. The zero-order chi connectivity index (χ0) is 13.5. The van der Waals surface area contributed by atoms with E-state index in [0.29, 0.717) is 17.1 Å². The van der Waals surface area contributed by atoms with Gasteiger partial charge in [-0.05, 0) is 19.4 Å². The summed E-state index contributed by atoms with van der Waals surface area (Å²) < 4.78 is 0. The summed E-state index contributed by atoms with van der Waals surface area (Å²) >= 11 is 1.39. The Kier molecular flexibility index (Phi) is 3.25. The average Bonchev–Trinajstić information content (AvgIpc) is 2.80. The maximum atomic E-state index is 11.9. The molecule has 0 bridgehead atoms. The van der Waals surface area contributed by atoms with Crippen molar-refractivity contribution in [3.05, 3.63) is 10.9 Å². The fourth-order valence-corrected chi connectivity index (χ4v) is 3.18. The van der Waals surface area contributed by atoms with Gasteiger partial charge in [0.2, 0.25) is 0 Å². The van der Waals surface area contributed by atoms with Gasteiger partial charge >= 0.3 is 0 Å². The third-order valence-corrected chi connectivity index (χ3v) is 4.31. The van der Waals surface area contributed by atoms with Crippen molar-refractivity contribution in [2.24, 2.45) is 0 Å². The molecule has 2 rings (SSSR count). The van der Waals surface area contributed by atoms with E-state index in [1.807, 2.05) is 13.0 Å². The van der Waals surface area contributed by atoms with Crippen LogP contribution in [0.25, 0.3) is 0 Å². The molecule has 1 aliphatic rings. The van der Waals surface area contributed by atoms with E-state index in [9.17, 15) is 9.90 Å². The molecule has 1 fully saturated rings. The summed E-state index contributed by atoms with van der Waals surface area (Å²) in [6, 6.07) is 1.82. The van der Waals surface area contributed by atoms with Gasteiger partial charge in [-0.2, -0.15) is 0 Å². The fraction of sp³-hybridized carbons (Fsp3) is 0.583. The number of anilines is 2. The Labute approximate surface area is 111 Å². The number of β-amino-alcohol motifs (C(OH)–C–C–N with tert-alkyl or cyclic N) is 1. The van der Waals surface area contributed by atoms with Gasteiger partial charge in [0.25, 0.3) is 5.91 Å². The van der Waals surface area contributed by atoms with Crippen LogP contribution in [0.1, 0.15) is 23.0 Å². The van der Waals surface area contributed by atoms with Crippen LogP contribution >= 0.6 is 11.3 Å². The summed E-state index contributed by atoms with van der Waals surface area (Å²) in [4.78, 5) is 16.1. The normalized spacial score (nSPS) is 23.4. The summed E-state index contributed by atoms with van der Waals surface area (Å²) in [5.74, 6) is -0.0743. The van der Waals surface area contributed by atoms with E-state index in [1.165, 1.54) is 16.2 Å². The number of nitrogens with two attached hydrogens (primary N) is 1.